The summed E-state index contributed by atoms with van der Waals surface area (Å²) in [6.45, 7) is 2.37. The topological polar surface area (TPSA) is 46.5 Å². The second kappa shape index (κ2) is 5.34. The molecule has 1 aliphatic rings. The van der Waals surface area contributed by atoms with Crippen LogP contribution in [0, 0.1) is 0 Å². The lowest BCUT2D eigenvalue weighted by Crippen LogP contribution is -2.36. The van der Waals surface area contributed by atoms with E-state index in [0.717, 1.165) is 24.0 Å². The summed E-state index contributed by atoms with van der Waals surface area (Å²) >= 11 is 0. The zero-order valence-corrected chi connectivity index (χ0v) is 12.0. The molecule has 1 N–H and O–H groups in total. The monoisotopic (exact) mass is 282 g/mol. The van der Waals surface area contributed by atoms with Crippen molar-refractivity contribution in [3.63, 3.8) is 0 Å². The summed E-state index contributed by atoms with van der Waals surface area (Å²) in [5.74, 6) is -0.589. The smallest absolute Gasteiger partial charge is 0.347 e. The molecule has 0 heterocycles. The van der Waals surface area contributed by atoms with Crippen LogP contribution in [-0.2, 0) is 15.1 Å². The fourth-order valence-electron chi connectivity index (χ4n) is 2.85. The summed E-state index contributed by atoms with van der Waals surface area (Å²) in [6.07, 6.45) is 1.74. The number of hydrogen-bond acceptors (Lipinski definition) is 3. The number of carbonyl (C=O) groups excluding carboxylic acids is 1. The molecule has 3 rings (SSSR count). The Labute approximate surface area is 124 Å². The molecule has 2 aromatic rings. The van der Waals surface area contributed by atoms with E-state index in [1.807, 2.05) is 43.3 Å². The fourth-order valence-corrected chi connectivity index (χ4v) is 2.85. The molecule has 0 unspecified atom stereocenters. The first-order valence-electron chi connectivity index (χ1n) is 7.28. The van der Waals surface area contributed by atoms with Crippen molar-refractivity contribution in [2.45, 2.75) is 25.4 Å². The third-order valence-corrected chi connectivity index (χ3v) is 3.95. The molecule has 0 spiro atoms. The van der Waals surface area contributed by atoms with Crippen molar-refractivity contribution < 1.29 is 14.6 Å². The van der Waals surface area contributed by atoms with Crippen LogP contribution in [0.4, 0.5) is 0 Å². The van der Waals surface area contributed by atoms with Crippen molar-refractivity contribution in [3.05, 3.63) is 59.7 Å². The summed E-state index contributed by atoms with van der Waals surface area (Å²) in [5, 5.41) is 11.1. The number of hydrogen-bond donors (Lipinski definition) is 1. The summed E-state index contributed by atoms with van der Waals surface area (Å²) in [5.41, 5.74) is 1.30. The van der Waals surface area contributed by atoms with Crippen molar-refractivity contribution in [2.24, 2.45) is 0 Å². The van der Waals surface area contributed by atoms with E-state index in [0.29, 0.717) is 17.7 Å². The first-order chi connectivity index (χ1) is 10.2. The number of fused-ring (bicyclic) bond motifs is 3. The molecule has 0 bridgehead atoms. The molecular weight excluding hydrogens is 264 g/mol. The van der Waals surface area contributed by atoms with Crippen LogP contribution in [0.2, 0.25) is 0 Å². The normalized spacial score (nSPS) is 14.4. The molecule has 0 atom stereocenters. The van der Waals surface area contributed by atoms with Gasteiger partial charge in [0.1, 0.15) is 0 Å². The number of benzene rings is 2. The van der Waals surface area contributed by atoms with Crippen LogP contribution >= 0.6 is 0 Å². The van der Waals surface area contributed by atoms with Gasteiger partial charge in [-0.15, -0.1) is 0 Å². The van der Waals surface area contributed by atoms with E-state index in [-0.39, 0.29) is 0 Å². The number of unbranched alkanes of at least 4 members (excludes halogenated alkanes) is 1. The largest absolute Gasteiger partial charge is 0.463 e. The van der Waals surface area contributed by atoms with Gasteiger partial charge in [-0.05, 0) is 17.5 Å². The molecule has 108 valence electrons. The first-order valence-corrected chi connectivity index (χ1v) is 7.28. The zero-order chi connectivity index (χ0) is 14.9. The Morgan fingerprint density at radius 3 is 2.10 bits per heavy atom. The Morgan fingerprint density at radius 2 is 1.57 bits per heavy atom. The maximum absolute atomic E-state index is 12.5. The Balaban J connectivity index is 2.07. The van der Waals surface area contributed by atoms with Crippen LogP contribution < -0.4 is 0 Å². The van der Waals surface area contributed by atoms with Gasteiger partial charge in [0.25, 0.3) is 0 Å². The van der Waals surface area contributed by atoms with Crippen molar-refractivity contribution in [2.75, 3.05) is 6.61 Å². The van der Waals surface area contributed by atoms with Crippen LogP contribution in [0.1, 0.15) is 30.9 Å². The van der Waals surface area contributed by atoms with Crippen LogP contribution in [0.5, 0.6) is 0 Å². The van der Waals surface area contributed by atoms with E-state index in [1.54, 1.807) is 12.1 Å². The molecule has 0 amide bonds. The molecule has 0 saturated carbocycles. The van der Waals surface area contributed by atoms with Gasteiger partial charge < -0.3 is 9.84 Å². The van der Waals surface area contributed by atoms with Crippen molar-refractivity contribution in [3.8, 4) is 11.1 Å². The molecule has 0 aromatic heterocycles. The summed E-state index contributed by atoms with van der Waals surface area (Å²) < 4.78 is 5.29. The van der Waals surface area contributed by atoms with Crippen molar-refractivity contribution >= 4 is 5.97 Å². The van der Waals surface area contributed by atoms with Crippen molar-refractivity contribution in [1.29, 1.82) is 0 Å². The van der Waals surface area contributed by atoms with Gasteiger partial charge in [0.05, 0.1) is 6.61 Å². The quantitative estimate of drug-likeness (QED) is 0.691. The van der Waals surface area contributed by atoms with Gasteiger partial charge in [-0.25, -0.2) is 4.79 Å². The first kappa shape index (κ1) is 13.8. The van der Waals surface area contributed by atoms with E-state index in [4.69, 9.17) is 4.74 Å². The minimum Gasteiger partial charge on any atom is -0.463 e. The van der Waals surface area contributed by atoms with Gasteiger partial charge in [0.2, 0.25) is 5.60 Å². The number of ether oxygens (including phenoxy) is 1. The second-order valence-corrected chi connectivity index (χ2v) is 5.29. The third-order valence-electron chi connectivity index (χ3n) is 3.95. The SMILES string of the molecule is CCCCOC(=O)C1(O)c2ccccc2-c2ccccc21. The average Bonchev–Trinajstić information content (AvgIpc) is 2.79. The average molecular weight is 282 g/mol. The zero-order valence-electron chi connectivity index (χ0n) is 12.0. The molecule has 3 heteroatoms. The van der Waals surface area contributed by atoms with Gasteiger partial charge in [-0.2, -0.15) is 0 Å². The van der Waals surface area contributed by atoms with Crippen LogP contribution in [0.25, 0.3) is 11.1 Å². The highest BCUT2D eigenvalue weighted by Gasteiger charge is 2.48. The van der Waals surface area contributed by atoms with Gasteiger partial charge in [-0.3, -0.25) is 0 Å². The van der Waals surface area contributed by atoms with Gasteiger partial charge in [0, 0.05) is 11.1 Å². The highest BCUT2D eigenvalue weighted by Crippen LogP contribution is 2.47. The maximum atomic E-state index is 12.5. The summed E-state index contributed by atoms with van der Waals surface area (Å²) in [6, 6.07) is 14.9. The van der Waals surface area contributed by atoms with E-state index in [2.05, 4.69) is 0 Å². The molecule has 3 nitrogen and oxygen atoms in total. The minimum atomic E-state index is -1.69. The Kier molecular flexibility index (Phi) is 3.52. The molecule has 0 saturated heterocycles. The molecule has 1 aliphatic carbocycles. The number of carbonyl (C=O) groups is 1. The van der Waals surface area contributed by atoms with Crippen LogP contribution in [0.3, 0.4) is 0 Å². The second-order valence-electron chi connectivity index (χ2n) is 5.29. The Hall–Kier alpha value is -2.13. The highest BCUT2D eigenvalue weighted by atomic mass is 16.5. The minimum absolute atomic E-state index is 0.335. The Bertz CT molecular complexity index is 630. The molecule has 0 fully saturated rings. The summed E-state index contributed by atoms with van der Waals surface area (Å²) in [7, 11) is 0. The number of rotatable bonds is 4. The molecule has 2 aromatic carbocycles. The van der Waals surface area contributed by atoms with Gasteiger partial charge >= 0.3 is 5.97 Å². The highest BCUT2D eigenvalue weighted by molar-refractivity contribution is 5.96. The third kappa shape index (κ3) is 2.05. The van der Waals surface area contributed by atoms with Crippen LogP contribution in [-0.4, -0.2) is 17.7 Å². The fraction of sp³-hybridized carbons (Fsp3) is 0.278. The van der Waals surface area contributed by atoms with Gasteiger partial charge in [-0.1, -0.05) is 61.9 Å². The molecule has 21 heavy (non-hydrogen) atoms. The predicted molar refractivity (Wildman–Crippen MR) is 80.7 cm³/mol. The lowest BCUT2D eigenvalue weighted by atomic mass is 9.91. The van der Waals surface area contributed by atoms with Crippen LogP contribution in [0.15, 0.2) is 48.5 Å². The molecular formula is C18H18O3. The lowest BCUT2D eigenvalue weighted by molar-refractivity contribution is -0.161. The lowest BCUT2D eigenvalue weighted by Gasteiger charge is -2.23. The Morgan fingerprint density at radius 1 is 1.05 bits per heavy atom. The standard InChI is InChI=1S/C18H18O3/c1-2-3-12-21-17(19)18(20)15-10-6-4-8-13(15)14-9-5-7-11-16(14)18/h4-11,20H,2-3,12H2,1H3. The van der Waals surface area contributed by atoms with Crippen molar-refractivity contribution in [1.82, 2.24) is 0 Å². The van der Waals surface area contributed by atoms with E-state index in [9.17, 15) is 9.90 Å². The number of aliphatic hydroxyl groups is 1. The maximum Gasteiger partial charge on any atom is 0.347 e. The predicted octanol–water partition coefficient (Wildman–Crippen LogP) is 3.25. The number of esters is 1. The van der Waals surface area contributed by atoms with Gasteiger partial charge in [0.15, 0.2) is 0 Å². The van der Waals surface area contributed by atoms with E-state index in [1.165, 1.54) is 0 Å². The molecule has 0 radical (unpaired) electrons. The molecule has 0 aliphatic heterocycles. The van der Waals surface area contributed by atoms with E-state index >= 15 is 0 Å². The van der Waals surface area contributed by atoms with E-state index < -0.39 is 11.6 Å². The summed E-state index contributed by atoms with van der Waals surface area (Å²) in [4.78, 5) is 12.5.